The lowest BCUT2D eigenvalue weighted by Gasteiger charge is -2.20. The molecule has 0 N–H and O–H groups in total. The lowest BCUT2D eigenvalue weighted by molar-refractivity contribution is -0.145. The number of ether oxygens (including phenoxy) is 2. The molecule has 1 saturated carbocycles. The molecule has 1 aliphatic carbocycles. The van der Waals surface area contributed by atoms with Crippen molar-refractivity contribution in [2.24, 2.45) is 11.3 Å². The summed E-state index contributed by atoms with van der Waals surface area (Å²) in [6.07, 6.45) is 1.44. The highest BCUT2D eigenvalue weighted by molar-refractivity contribution is 5.78. The van der Waals surface area contributed by atoms with Crippen LogP contribution in [0, 0.1) is 11.3 Å². The van der Waals surface area contributed by atoms with Crippen molar-refractivity contribution in [1.29, 1.82) is 0 Å². The van der Waals surface area contributed by atoms with Crippen LogP contribution in [0.25, 0.3) is 0 Å². The van der Waals surface area contributed by atoms with Gasteiger partial charge in [-0.25, -0.2) is 4.79 Å². The van der Waals surface area contributed by atoms with E-state index in [9.17, 15) is 9.59 Å². The van der Waals surface area contributed by atoms with Crippen LogP contribution in [0.5, 0.6) is 0 Å². The molecule has 3 atom stereocenters. The highest BCUT2D eigenvalue weighted by Gasteiger charge is 2.64. The summed E-state index contributed by atoms with van der Waals surface area (Å²) in [7, 11) is 0. The number of amides is 1. The Balaban J connectivity index is 1.96. The number of rotatable bonds is 3. The zero-order valence-corrected chi connectivity index (χ0v) is 11.3. The maximum absolute atomic E-state index is 11.8. The second kappa shape index (κ2) is 4.78. The van der Waals surface area contributed by atoms with Gasteiger partial charge in [0, 0.05) is 18.0 Å². The van der Waals surface area contributed by atoms with E-state index in [0.717, 1.165) is 12.8 Å². The van der Waals surface area contributed by atoms with Gasteiger partial charge < -0.3 is 14.4 Å². The predicted octanol–water partition coefficient (Wildman–Crippen LogP) is 1.81. The van der Waals surface area contributed by atoms with Crippen molar-refractivity contribution in [3.8, 4) is 0 Å². The van der Waals surface area contributed by atoms with Gasteiger partial charge in [-0.3, -0.25) is 4.79 Å². The lowest BCUT2D eigenvalue weighted by atomic mass is 10.0. The average Bonchev–Trinajstić information content (AvgIpc) is 2.89. The maximum Gasteiger partial charge on any atom is 0.410 e. The van der Waals surface area contributed by atoms with E-state index < -0.39 is 0 Å². The van der Waals surface area contributed by atoms with E-state index in [1.165, 1.54) is 0 Å². The summed E-state index contributed by atoms with van der Waals surface area (Å²) >= 11 is 0. The number of carbonyl (C=O) groups is 2. The van der Waals surface area contributed by atoms with Crippen molar-refractivity contribution in [1.82, 2.24) is 4.90 Å². The molecule has 0 aromatic rings. The minimum Gasteiger partial charge on any atom is -0.466 e. The Bertz CT molecular complexity index is 357. The Morgan fingerprint density at radius 2 is 1.89 bits per heavy atom. The Morgan fingerprint density at radius 1 is 1.22 bits per heavy atom. The quantitative estimate of drug-likeness (QED) is 0.722. The second-order valence-electron chi connectivity index (χ2n) is 5.25. The zero-order chi connectivity index (χ0) is 13.3. The standard InChI is InChI=1S/C13H21NO4/c1-4-17-11(15)10-7-13(10)6-9(3)14(8-13)12(16)18-5-2/h9-10H,4-8H2,1-3H3. The predicted molar refractivity (Wildman–Crippen MR) is 65.0 cm³/mol. The summed E-state index contributed by atoms with van der Waals surface area (Å²) in [6, 6.07) is 0.142. The number of nitrogens with zero attached hydrogens (tertiary/aromatic N) is 1. The van der Waals surface area contributed by atoms with Gasteiger partial charge >= 0.3 is 12.1 Å². The summed E-state index contributed by atoms with van der Waals surface area (Å²) in [5, 5.41) is 0. The molecule has 0 radical (unpaired) electrons. The third-order valence-corrected chi connectivity index (χ3v) is 3.98. The van der Waals surface area contributed by atoms with Crippen LogP contribution < -0.4 is 0 Å². The molecule has 1 aliphatic heterocycles. The van der Waals surface area contributed by atoms with Gasteiger partial charge in [0.05, 0.1) is 19.1 Å². The molecule has 102 valence electrons. The van der Waals surface area contributed by atoms with Gasteiger partial charge in [-0.15, -0.1) is 0 Å². The number of carbonyl (C=O) groups excluding carboxylic acids is 2. The van der Waals surface area contributed by atoms with Gasteiger partial charge in [0.2, 0.25) is 0 Å². The Labute approximate surface area is 107 Å². The fourth-order valence-corrected chi connectivity index (χ4v) is 3.03. The van der Waals surface area contributed by atoms with Gasteiger partial charge in [0.25, 0.3) is 0 Å². The maximum atomic E-state index is 11.8. The third kappa shape index (κ3) is 2.18. The van der Waals surface area contributed by atoms with Crippen molar-refractivity contribution < 1.29 is 19.1 Å². The third-order valence-electron chi connectivity index (χ3n) is 3.98. The molecule has 2 fully saturated rings. The SMILES string of the molecule is CCOC(=O)C1CC12CC(C)N(C(=O)OCC)C2. The number of esters is 1. The minimum atomic E-state index is -0.267. The second-order valence-corrected chi connectivity index (χ2v) is 5.25. The highest BCUT2D eigenvalue weighted by atomic mass is 16.6. The zero-order valence-electron chi connectivity index (χ0n) is 11.3. The molecule has 0 bridgehead atoms. The average molecular weight is 255 g/mol. The van der Waals surface area contributed by atoms with Crippen molar-refractivity contribution in [2.75, 3.05) is 19.8 Å². The Morgan fingerprint density at radius 3 is 2.50 bits per heavy atom. The monoisotopic (exact) mass is 255 g/mol. The first-order valence-electron chi connectivity index (χ1n) is 6.64. The van der Waals surface area contributed by atoms with Crippen LogP contribution in [0.1, 0.15) is 33.6 Å². The summed E-state index contributed by atoms with van der Waals surface area (Å²) in [5.74, 6) is -0.144. The molecule has 5 heteroatoms. The first-order chi connectivity index (χ1) is 8.54. The molecule has 2 rings (SSSR count). The first-order valence-corrected chi connectivity index (χ1v) is 6.64. The van der Waals surface area contributed by atoms with E-state index in [0.29, 0.717) is 19.8 Å². The van der Waals surface area contributed by atoms with E-state index in [2.05, 4.69) is 0 Å². The molecular weight excluding hydrogens is 234 g/mol. The van der Waals surface area contributed by atoms with Crippen LogP contribution in [-0.4, -0.2) is 42.8 Å². The largest absolute Gasteiger partial charge is 0.466 e. The molecule has 18 heavy (non-hydrogen) atoms. The lowest BCUT2D eigenvalue weighted by Crippen LogP contribution is -2.34. The normalized spacial score (nSPS) is 33.6. The van der Waals surface area contributed by atoms with Crippen LogP contribution in [-0.2, 0) is 14.3 Å². The molecule has 1 spiro atoms. The smallest absolute Gasteiger partial charge is 0.410 e. The molecule has 0 aromatic heterocycles. The Kier molecular flexibility index (Phi) is 3.50. The van der Waals surface area contributed by atoms with Crippen LogP contribution >= 0.6 is 0 Å². The van der Waals surface area contributed by atoms with Gasteiger partial charge in [-0.2, -0.15) is 0 Å². The van der Waals surface area contributed by atoms with Crippen molar-refractivity contribution in [3.63, 3.8) is 0 Å². The Hall–Kier alpha value is -1.26. The van der Waals surface area contributed by atoms with E-state index in [1.54, 1.807) is 11.8 Å². The summed E-state index contributed by atoms with van der Waals surface area (Å²) < 4.78 is 10.1. The number of likely N-dealkylation sites (tertiary alicyclic amines) is 1. The van der Waals surface area contributed by atoms with Crippen LogP contribution in [0.15, 0.2) is 0 Å². The fourth-order valence-electron chi connectivity index (χ4n) is 3.03. The van der Waals surface area contributed by atoms with E-state index in [1.807, 2.05) is 13.8 Å². The van der Waals surface area contributed by atoms with Crippen LogP contribution in [0.4, 0.5) is 4.79 Å². The van der Waals surface area contributed by atoms with Gasteiger partial charge in [0.1, 0.15) is 0 Å². The van der Waals surface area contributed by atoms with E-state index >= 15 is 0 Å². The number of hydrogen-bond donors (Lipinski definition) is 0. The van der Waals surface area contributed by atoms with E-state index in [4.69, 9.17) is 9.47 Å². The van der Waals surface area contributed by atoms with Crippen molar-refractivity contribution >= 4 is 12.1 Å². The topological polar surface area (TPSA) is 55.8 Å². The van der Waals surface area contributed by atoms with Crippen LogP contribution in [0.2, 0.25) is 0 Å². The van der Waals surface area contributed by atoms with Gasteiger partial charge in [-0.05, 0) is 33.6 Å². The minimum absolute atomic E-state index is 0.0284. The molecule has 1 heterocycles. The molecule has 1 amide bonds. The summed E-state index contributed by atoms with van der Waals surface area (Å²) in [6.45, 7) is 7.05. The summed E-state index contributed by atoms with van der Waals surface area (Å²) in [4.78, 5) is 25.2. The molecular formula is C13H21NO4. The van der Waals surface area contributed by atoms with Crippen molar-refractivity contribution in [3.05, 3.63) is 0 Å². The van der Waals surface area contributed by atoms with E-state index in [-0.39, 0.29) is 29.4 Å². The number of hydrogen-bond acceptors (Lipinski definition) is 4. The van der Waals surface area contributed by atoms with Crippen molar-refractivity contribution in [2.45, 2.75) is 39.7 Å². The van der Waals surface area contributed by atoms with Gasteiger partial charge in [-0.1, -0.05) is 0 Å². The molecule has 2 aliphatic rings. The fraction of sp³-hybridized carbons (Fsp3) is 0.846. The molecule has 5 nitrogen and oxygen atoms in total. The molecule has 1 saturated heterocycles. The highest BCUT2D eigenvalue weighted by Crippen LogP contribution is 2.60. The molecule has 3 unspecified atom stereocenters. The molecule has 0 aromatic carbocycles. The van der Waals surface area contributed by atoms with Crippen LogP contribution in [0.3, 0.4) is 0 Å². The summed E-state index contributed by atoms with van der Waals surface area (Å²) in [5.41, 5.74) is -0.0432. The van der Waals surface area contributed by atoms with Gasteiger partial charge in [0.15, 0.2) is 0 Å². The first kappa shape index (κ1) is 13.2.